The number of rotatable bonds is 2. The summed E-state index contributed by atoms with van der Waals surface area (Å²) in [5.74, 6) is 0.154. The monoisotopic (exact) mass is 449 g/mol. The zero-order valence-electron chi connectivity index (χ0n) is 14.6. The first-order chi connectivity index (χ1) is 13.4. The molecule has 0 aliphatic carbocycles. The van der Waals surface area contributed by atoms with Crippen molar-refractivity contribution in [2.24, 2.45) is 0 Å². The van der Waals surface area contributed by atoms with Gasteiger partial charge in [0.15, 0.2) is 0 Å². The number of halogens is 4. The Kier molecular flexibility index (Phi) is 3.81. The van der Waals surface area contributed by atoms with Crippen LogP contribution in [0.25, 0.3) is 0 Å². The van der Waals surface area contributed by atoms with Crippen molar-refractivity contribution in [1.82, 2.24) is 0 Å². The van der Waals surface area contributed by atoms with Crippen LogP contribution in [-0.2, 0) is 18.1 Å². The average Bonchev–Trinajstić information content (AvgIpc) is 3.34. The van der Waals surface area contributed by atoms with E-state index in [1.54, 1.807) is 0 Å². The fourth-order valence-electron chi connectivity index (χ4n) is 4.24. The number of hydrogen-bond donors (Lipinski definition) is 0. The lowest BCUT2D eigenvalue weighted by atomic mass is 9.78. The Bertz CT molecular complexity index is 1060. The van der Waals surface area contributed by atoms with Crippen LogP contribution in [0.3, 0.4) is 0 Å². The zero-order chi connectivity index (χ0) is 19.5. The summed E-state index contributed by atoms with van der Waals surface area (Å²) in [4.78, 5) is 2.06. The van der Waals surface area contributed by atoms with Crippen LogP contribution in [0, 0.1) is 0 Å². The molecule has 1 spiro atoms. The van der Waals surface area contributed by atoms with Gasteiger partial charge in [-0.05, 0) is 35.9 Å². The van der Waals surface area contributed by atoms with Crippen LogP contribution in [0.5, 0.6) is 5.75 Å². The summed E-state index contributed by atoms with van der Waals surface area (Å²) >= 11 is 3.47. The lowest BCUT2D eigenvalue weighted by Gasteiger charge is -2.24. The molecule has 0 bridgehead atoms. The number of fused-ring (bicyclic) bond motifs is 4. The van der Waals surface area contributed by atoms with Crippen molar-refractivity contribution < 1.29 is 22.3 Å². The van der Waals surface area contributed by atoms with Crippen LogP contribution in [0.15, 0.2) is 63.5 Å². The first-order valence-corrected chi connectivity index (χ1v) is 9.59. The minimum absolute atomic E-state index is 0.265. The van der Waals surface area contributed by atoms with Crippen LogP contribution in [0.2, 0.25) is 0 Å². The minimum Gasteiger partial charge on any atom is -0.492 e. The van der Waals surface area contributed by atoms with Crippen molar-refractivity contribution in [2.75, 3.05) is 18.1 Å². The van der Waals surface area contributed by atoms with Gasteiger partial charge in [0, 0.05) is 22.3 Å². The predicted molar refractivity (Wildman–Crippen MR) is 102 cm³/mol. The van der Waals surface area contributed by atoms with Crippen LogP contribution in [0.4, 0.5) is 18.9 Å². The van der Waals surface area contributed by atoms with Gasteiger partial charge in [-0.2, -0.15) is 13.2 Å². The second-order valence-corrected chi connectivity index (χ2v) is 8.06. The largest absolute Gasteiger partial charge is 0.492 e. The fraction of sp³-hybridized carbons (Fsp3) is 0.238. The number of furan rings is 1. The van der Waals surface area contributed by atoms with Crippen molar-refractivity contribution in [3.8, 4) is 5.75 Å². The Morgan fingerprint density at radius 3 is 2.64 bits per heavy atom. The second kappa shape index (κ2) is 6.04. The van der Waals surface area contributed by atoms with Crippen molar-refractivity contribution in [1.29, 1.82) is 0 Å². The summed E-state index contributed by atoms with van der Waals surface area (Å²) in [5, 5.41) is 0. The molecule has 28 heavy (non-hydrogen) atoms. The molecule has 0 saturated carbocycles. The van der Waals surface area contributed by atoms with E-state index in [0.29, 0.717) is 13.2 Å². The van der Waals surface area contributed by atoms with Crippen molar-refractivity contribution in [2.45, 2.75) is 18.1 Å². The second-order valence-electron chi connectivity index (χ2n) is 7.15. The van der Waals surface area contributed by atoms with E-state index >= 15 is 0 Å². The molecule has 0 radical (unpaired) electrons. The SMILES string of the molecule is FC(F)(F)c1ccc(CN2CC3(COc4cc(Br)ccc43)c3ccccc32)o1. The van der Waals surface area contributed by atoms with Gasteiger partial charge in [0.1, 0.15) is 18.1 Å². The molecule has 0 fully saturated rings. The molecular weight excluding hydrogens is 435 g/mol. The summed E-state index contributed by atoms with van der Waals surface area (Å²) in [5.41, 5.74) is 2.87. The molecule has 7 heteroatoms. The van der Waals surface area contributed by atoms with E-state index in [1.165, 1.54) is 6.07 Å². The number of alkyl halides is 3. The third kappa shape index (κ3) is 2.64. The van der Waals surface area contributed by atoms with E-state index in [0.717, 1.165) is 33.1 Å². The molecule has 1 unspecified atom stereocenters. The Morgan fingerprint density at radius 1 is 1.04 bits per heavy atom. The molecule has 2 aliphatic heterocycles. The zero-order valence-corrected chi connectivity index (χ0v) is 16.2. The summed E-state index contributed by atoms with van der Waals surface area (Å²) in [6.45, 7) is 1.38. The maximum Gasteiger partial charge on any atom is 0.449 e. The highest BCUT2D eigenvalue weighted by molar-refractivity contribution is 9.10. The molecule has 2 aromatic carbocycles. The van der Waals surface area contributed by atoms with Gasteiger partial charge in [0.25, 0.3) is 0 Å². The number of nitrogens with zero attached hydrogens (tertiary/aromatic N) is 1. The number of anilines is 1. The molecular formula is C21H15BrF3NO2. The first-order valence-electron chi connectivity index (χ1n) is 8.80. The molecule has 0 saturated heterocycles. The van der Waals surface area contributed by atoms with E-state index in [-0.39, 0.29) is 17.7 Å². The first kappa shape index (κ1) is 17.7. The van der Waals surface area contributed by atoms with Crippen molar-refractivity contribution in [3.63, 3.8) is 0 Å². The van der Waals surface area contributed by atoms with E-state index in [2.05, 4.69) is 33.0 Å². The molecule has 1 atom stereocenters. The van der Waals surface area contributed by atoms with Gasteiger partial charge in [-0.1, -0.05) is 40.2 Å². The normalized spacial score (nSPS) is 20.4. The quantitative estimate of drug-likeness (QED) is 0.497. The molecule has 0 N–H and O–H groups in total. The maximum atomic E-state index is 12.9. The number of hydrogen-bond acceptors (Lipinski definition) is 3. The molecule has 3 heterocycles. The maximum absolute atomic E-state index is 12.9. The molecule has 5 rings (SSSR count). The lowest BCUT2D eigenvalue weighted by Crippen LogP contribution is -2.35. The summed E-state index contributed by atoms with van der Waals surface area (Å²) < 4.78 is 50.6. The Morgan fingerprint density at radius 2 is 1.86 bits per heavy atom. The van der Waals surface area contributed by atoms with Crippen LogP contribution < -0.4 is 9.64 Å². The highest BCUT2D eigenvalue weighted by Gasteiger charge is 2.49. The van der Waals surface area contributed by atoms with E-state index in [9.17, 15) is 13.2 Å². The molecule has 3 aromatic rings. The molecule has 2 aliphatic rings. The Balaban J connectivity index is 1.53. The van der Waals surface area contributed by atoms with Gasteiger partial charge >= 0.3 is 6.18 Å². The van der Waals surface area contributed by atoms with Crippen LogP contribution >= 0.6 is 15.9 Å². The highest BCUT2D eigenvalue weighted by atomic mass is 79.9. The smallest absolute Gasteiger partial charge is 0.449 e. The third-order valence-corrected chi connectivity index (χ3v) is 5.94. The molecule has 0 amide bonds. The Hall–Kier alpha value is -2.41. The van der Waals surface area contributed by atoms with Crippen molar-refractivity contribution in [3.05, 3.63) is 81.7 Å². The highest BCUT2D eigenvalue weighted by Crippen LogP contribution is 2.52. The topological polar surface area (TPSA) is 25.6 Å². The average molecular weight is 450 g/mol. The lowest BCUT2D eigenvalue weighted by molar-refractivity contribution is -0.153. The van der Waals surface area contributed by atoms with Gasteiger partial charge in [0.2, 0.25) is 5.76 Å². The molecule has 1 aromatic heterocycles. The van der Waals surface area contributed by atoms with E-state index in [4.69, 9.17) is 9.15 Å². The predicted octanol–water partition coefficient (Wildman–Crippen LogP) is 5.76. The van der Waals surface area contributed by atoms with E-state index in [1.807, 2.05) is 30.3 Å². The standard InChI is InChI=1S/C21H15BrF3NO2/c22-13-5-7-16-18(9-13)27-12-20(16)11-26(17-4-2-1-3-15(17)20)10-14-6-8-19(28-14)21(23,24)25/h1-9H,10-12H2. The van der Waals surface area contributed by atoms with Gasteiger partial charge in [-0.3, -0.25) is 0 Å². The third-order valence-electron chi connectivity index (χ3n) is 5.44. The number of ether oxygens (including phenoxy) is 1. The summed E-state index contributed by atoms with van der Waals surface area (Å²) in [7, 11) is 0. The molecule has 144 valence electrons. The van der Waals surface area contributed by atoms with Gasteiger partial charge < -0.3 is 14.1 Å². The van der Waals surface area contributed by atoms with E-state index < -0.39 is 11.9 Å². The van der Waals surface area contributed by atoms with Gasteiger partial charge in [-0.25, -0.2) is 0 Å². The summed E-state index contributed by atoms with van der Waals surface area (Å²) in [6, 6.07) is 16.4. The molecule has 3 nitrogen and oxygen atoms in total. The van der Waals surface area contributed by atoms with Crippen molar-refractivity contribution >= 4 is 21.6 Å². The number of benzene rings is 2. The van der Waals surface area contributed by atoms with Crippen LogP contribution in [-0.4, -0.2) is 13.2 Å². The number of para-hydroxylation sites is 1. The summed E-state index contributed by atoms with van der Waals surface area (Å²) in [6.07, 6.45) is -4.48. The van der Waals surface area contributed by atoms with Gasteiger partial charge in [0.05, 0.1) is 12.0 Å². The Labute approximate surface area is 167 Å². The minimum atomic E-state index is -4.48. The van der Waals surface area contributed by atoms with Gasteiger partial charge in [-0.15, -0.1) is 0 Å². The fourth-order valence-corrected chi connectivity index (χ4v) is 4.58. The van der Waals surface area contributed by atoms with Crippen LogP contribution in [0.1, 0.15) is 22.6 Å².